The minimum absolute atomic E-state index is 0.0770. The van der Waals surface area contributed by atoms with Crippen molar-refractivity contribution in [1.29, 1.82) is 0 Å². The zero-order valence-electron chi connectivity index (χ0n) is 12.6. The molecule has 0 heterocycles. The molecule has 0 N–H and O–H groups in total. The van der Waals surface area contributed by atoms with Gasteiger partial charge in [0.05, 0.1) is 39.6 Å². The van der Waals surface area contributed by atoms with Crippen molar-refractivity contribution >= 4 is 5.97 Å². The van der Waals surface area contributed by atoms with Gasteiger partial charge in [-0.2, -0.15) is 0 Å². The van der Waals surface area contributed by atoms with Crippen molar-refractivity contribution < 1.29 is 24.1 Å². The molecule has 0 radical (unpaired) electrons. The van der Waals surface area contributed by atoms with Gasteiger partial charge in [0.15, 0.2) is 0 Å². The highest BCUT2D eigenvalue weighted by Gasteiger charge is 2.31. The van der Waals surface area contributed by atoms with Crippen molar-refractivity contribution in [3.8, 4) is 0 Å². The van der Waals surface area contributed by atoms with Gasteiger partial charge in [-0.15, -0.1) is 19.7 Å². The standard InChI is InChI=1S/C16H26O5/c1-4-9-19-12-16(8-7-15(17)18,13-20-10-5-2)14-21-11-6-3/h4-6H,1-3,7-14H2,(H,17,18)/p-1. The molecule has 0 aromatic carbocycles. The topological polar surface area (TPSA) is 67.8 Å². The van der Waals surface area contributed by atoms with E-state index >= 15 is 0 Å². The maximum atomic E-state index is 10.8. The molecule has 0 amide bonds. The second kappa shape index (κ2) is 12.3. The van der Waals surface area contributed by atoms with Crippen molar-refractivity contribution in [3.05, 3.63) is 38.0 Å². The fraction of sp³-hybridized carbons (Fsp3) is 0.562. The lowest BCUT2D eigenvalue weighted by Crippen LogP contribution is -2.39. The lowest BCUT2D eigenvalue weighted by atomic mass is 9.85. The molecule has 0 aliphatic carbocycles. The van der Waals surface area contributed by atoms with E-state index in [2.05, 4.69) is 19.7 Å². The van der Waals surface area contributed by atoms with Crippen LogP contribution in [0, 0.1) is 5.41 Å². The number of hydrogen-bond donors (Lipinski definition) is 0. The molecule has 0 aromatic heterocycles. The maximum Gasteiger partial charge on any atom is 0.0645 e. The molecule has 0 aliphatic heterocycles. The van der Waals surface area contributed by atoms with E-state index in [1.54, 1.807) is 18.2 Å². The molecule has 0 saturated carbocycles. The van der Waals surface area contributed by atoms with Crippen LogP contribution in [0.4, 0.5) is 0 Å². The van der Waals surface area contributed by atoms with E-state index < -0.39 is 11.4 Å². The van der Waals surface area contributed by atoms with Crippen molar-refractivity contribution in [2.45, 2.75) is 12.8 Å². The van der Waals surface area contributed by atoms with Gasteiger partial charge >= 0.3 is 0 Å². The minimum atomic E-state index is -1.10. The van der Waals surface area contributed by atoms with E-state index in [-0.39, 0.29) is 6.42 Å². The fourth-order valence-corrected chi connectivity index (χ4v) is 1.79. The number of ether oxygens (including phenoxy) is 3. The molecule has 0 aliphatic rings. The molecule has 21 heavy (non-hydrogen) atoms. The molecule has 0 spiro atoms. The Morgan fingerprint density at radius 3 is 1.57 bits per heavy atom. The van der Waals surface area contributed by atoms with Crippen molar-refractivity contribution in [2.24, 2.45) is 5.41 Å². The Bertz CT molecular complexity index is 289. The molecule has 0 saturated heterocycles. The first-order chi connectivity index (χ1) is 10.1. The van der Waals surface area contributed by atoms with Gasteiger partial charge in [0.25, 0.3) is 0 Å². The highest BCUT2D eigenvalue weighted by molar-refractivity contribution is 5.64. The zero-order chi connectivity index (χ0) is 16.0. The quantitative estimate of drug-likeness (QED) is 0.334. The Labute approximate surface area is 126 Å². The molecule has 0 bridgehead atoms. The first-order valence-corrected chi connectivity index (χ1v) is 6.86. The monoisotopic (exact) mass is 297 g/mol. The molecular weight excluding hydrogens is 272 g/mol. The van der Waals surface area contributed by atoms with E-state index in [1.165, 1.54) is 0 Å². The average Bonchev–Trinajstić information content (AvgIpc) is 2.46. The van der Waals surface area contributed by atoms with Gasteiger partial charge in [0.2, 0.25) is 0 Å². The molecular formula is C16H25O5-. The number of carbonyl (C=O) groups excluding carboxylic acids is 1. The average molecular weight is 297 g/mol. The van der Waals surface area contributed by atoms with Crippen LogP contribution in [0.5, 0.6) is 0 Å². The third-order valence-corrected chi connectivity index (χ3v) is 2.79. The van der Waals surface area contributed by atoms with Gasteiger partial charge in [0.1, 0.15) is 0 Å². The molecule has 0 atom stereocenters. The van der Waals surface area contributed by atoms with E-state index in [4.69, 9.17) is 14.2 Å². The van der Waals surface area contributed by atoms with Crippen LogP contribution in [0.15, 0.2) is 38.0 Å². The minimum Gasteiger partial charge on any atom is -0.550 e. The Balaban J connectivity index is 4.75. The summed E-state index contributed by atoms with van der Waals surface area (Å²) in [7, 11) is 0. The van der Waals surface area contributed by atoms with Crippen LogP contribution < -0.4 is 5.11 Å². The van der Waals surface area contributed by atoms with E-state index in [1.807, 2.05) is 0 Å². The normalized spacial score (nSPS) is 11.0. The number of aliphatic carboxylic acids is 1. The summed E-state index contributed by atoms with van der Waals surface area (Å²) >= 11 is 0. The third-order valence-electron chi connectivity index (χ3n) is 2.79. The highest BCUT2D eigenvalue weighted by Crippen LogP contribution is 2.26. The largest absolute Gasteiger partial charge is 0.550 e. The second-order valence-electron chi connectivity index (χ2n) is 4.78. The summed E-state index contributed by atoms with van der Waals surface area (Å²) in [5.41, 5.74) is -0.547. The van der Waals surface area contributed by atoms with Crippen LogP contribution in [0.25, 0.3) is 0 Å². The van der Waals surface area contributed by atoms with Gasteiger partial charge in [-0.05, 0) is 12.8 Å². The van der Waals surface area contributed by atoms with Crippen molar-refractivity contribution in [2.75, 3.05) is 39.6 Å². The lowest BCUT2D eigenvalue weighted by Gasteiger charge is -2.33. The summed E-state index contributed by atoms with van der Waals surface area (Å²) in [5, 5.41) is 10.8. The van der Waals surface area contributed by atoms with E-state index in [9.17, 15) is 9.90 Å². The van der Waals surface area contributed by atoms with Crippen LogP contribution in [-0.4, -0.2) is 45.6 Å². The summed E-state index contributed by atoms with van der Waals surface area (Å²) in [6, 6.07) is 0. The second-order valence-corrected chi connectivity index (χ2v) is 4.78. The van der Waals surface area contributed by atoms with Gasteiger partial charge in [0, 0.05) is 11.4 Å². The molecule has 0 aromatic rings. The summed E-state index contributed by atoms with van der Waals surface area (Å²) < 4.78 is 16.5. The molecule has 5 nitrogen and oxygen atoms in total. The third kappa shape index (κ3) is 10.0. The van der Waals surface area contributed by atoms with Crippen molar-refractivity contribution in [3.63, 3.8) is 0 Å². The summed E-state index contributed by atoms with van der Waals surface area (Å²) in [6.07, 6.45) is 5.18. The van der Waals surface area contributed by atoms with Gasteiger partial charge in [-0.3, -0.25) is 0 Å². The smallest absolute Gasteiger partial charge is 0.0645 e. The SMILES string of the molecule is C=CCOCC(CCC(=O)[O-])(COCC=C)COCC=C. The summed E-state index contributed by atoms with van der Waals surface area (Å²) in [6.45, 7) is 12.9. The predicted molar refractivity (Wildman–Crippen MR) is 79.7 cm³/mol. The number of carbonyl (C=O) groups is 1. The lowest BCUT2D eigenvalue weighted by molar-refractivity contribution is -0.306. The van der Waals surface area contributed by atoms with E-state index in [0.29, 0.717) is 46.1 Å². The number of carboxylic acids is 1. The number of rotatable bonds is 15. The maximum absolute atomic E-state index is 10.8. The zero-order valence-corrected chi connectivity index (χ0v) is 12.6. The van der Waals surface area contributed by atoms with Crippen LogP contribution in [-0.2, 0) is 19.0 Å². The Morgan fingerprint density at radius 2 is 1.29 bits per heavy atom. The molecule has 0 fully saturated rings. The van der Waals surface area contributed by atoms with Crippen LogP contribution in [0.2, 0.25) is 0 Å². The van der Waals surface area contributed by atoms with Crippen LogP contribution >= 0.6 is 0 Å². The Kier molecular flexibility index (Phi) is 11.5. The predicted octanol–water partition coefficient (Wildman–Crippen LogP) is 1.11. The number of carboxylic acid groups (broad SMARTS) is 1. The highest BCUT2D eigenvalue weighted by atomic mass is 16.5. The van der Waals surface area contributed by atoms with Crippen molar-refractivity contribution in [1.82, 2.24) is 0 Å². The Morgan fingerprint density at radius 1 is 0.905 bits per heavy atom. The molecule has 5 heteroatoms. The van der Waals surface area contributed by atoms with Crippen LogP contribution in [0.1, 0.15) is 12.8 Å². The Hall–Kier alpha value is -1.43. The molecule has 0 unspecified atom stereocenters. The van der Waals surface area contributed by atoms with Crippen LogP contribution in [0.3, 0.4) is 0 Å². The number of hydrogen-bond acceptors (Lipinski definition) is 5. The molecule has 120 valence electrons. The first kappa shape index (κ1) is 19.6. The van der Waals surface area contributed by atoms with Gasteiger partial charge in [-0.1, -0.05) is 18.2 Å². The summed E-state index contributed by atoms with van der Waals surface area (Å²) in [4.78, 5) is 10.8. The molecule has 0 rings (SSSR count). The van der Waals surface area contributed by atoms with Gasteiger partial charge < -0.3 is 24.1 Å². The summed E-state index contributed by atoms with van der Waals surface area (Å²) in [5.74, 6) is -1.10. The fourth-order valence-electron chi connectivity index (χ4n) is 1.79. The first-order valence-electron chi connectivity index (χ1n) is 6.86. The van der Waals surface area contributed by atoms with E-state index in [0.717, 1.165) is 0 Å². The van der Waals surface area contributed by atoms with Gasteiger partial charge in [-0.25, -0.2) is 0 Å².